The van der Waals surface area contributed by atoms with Gasteiger partial charge in [-0.25, -0.2) is 4.98 Å². The maximum absolute atomic E-state index is 6.31. The van der Waals surface area contributed by atoms with Gasteiger partial charge in [-0.1, -0.05) is 0 Å². The molecule has 2 fully saturated rings. The molecule has 4 heteroatoms. The minimum Gasteiger partial charge on any atom is -0.331 e. The third-order valence-electron chi connectivity index (χ3n) is 4.05. The van der Waals surface area contributed by atoms with Crippen LogP contribution >= 0.6 is 0 Å². The third kappa shape index (κ3) is 1.89. The van der Waals surface area contributed by atoms with E-state index in [1.807, 2.05) is 12.5 Å². The average Bonchev–Trinajstić information content (AvgIpc) is 2.88. The van der Waals surface area contributed by atoms with Gasteiger partial charge >= 0.3 is 0 Å². The molecule has 2 N–H and O–H groups in total. The number of imidazole rings is 1. The van der Waals surface area contributed by atoms with Crippen LogP contribution in [0, 0.1) is 0 Å². The Morgan fingerprint density at radius 3 is 2.76 bits per heavy atom. The fourth-order valence-corrected chi connectivity index (χ4v) is 3.02. The number of aromatic nitrogens is 2. The Balaban J connectivity index is 1.92. The van der Waals surface area contributed by atoms with Crippen molar-refractivity contribution < 1.29 is 0 Å². The lowest BCUT2D eigenvalue weighted by molar-refractivity contribution is 0.226. The minimum absolute atomic E-state index is 0.268. The van der Waals surface area contributed by atoms with E-state index in [-0.39, 0.29) is 6.04 Å². The van der Waals surface area contributed by atoms with Crippen LogP contribution in [0.15, 0.2) is 12.5 Å². The van der Waals surface area contributed by atoms with Gasteiger partial charge in [0.2, 0.25) is 0 Å². The number of nitrogens with zero attached hydrogens (tertiary/aromatic N) is 3. The van der Waals surface area contributed by atoms with Crippen LogP contribution in [0.1, 0.15) is 50.9 Å². The van der Waals surface area contributed by atoms with Gasteiger partial charge in [0, 0.05) is 30.9 Å². The molecule has 2 heterocycles. The monoisotopic (exact) mass is 234 g/mol. The lowest BCUT2D eigenvalue weighted by atomic mass is 10.1. The second kappa shape index (κ2) is 4.10. The predicted molar refractivity (Wildman–Crippen MR) is 67.7 cm³/mol. The van der Waals surface area contributed by atoms with E-state index in [4.69, 9.17) is 5.73 Å². The Kier molecular flexibility index (Phi) is 2.71. The van der Waals surface area contributed by atoms with E-state index in [0.717, 1.165) is 19.0 Å². The number of likely N-dealkylation sites (tertiary alicyclic amines) is 1. The summed E-state index contributed by atoms with van der Waals surface area (Å²) in [6, 6.07) is 1.89. The van der Waals surface area contributed by atoms with Gasteiger partial charge in [0.25, 0.3) is 0 Å². The maximum atomic E-state index is 6.31. The summed E-state index contributed by atoms with van der Waals surface area (Å²) in [7, 11) is 0. The zero-order chi connectivity index (χ0) is 12.0. The molecule has 0 amide bonds. The van der Waals surface area contributed by atoms with Gasteiger partial charge in [-0.05, 0) is 33.1 Å². The van der Waals surface area contributed by atoms with Crippen LogP contribution in [0.4, 0.5) is 0 Å². The molecule has 1 aromatic heterocycles. The molecular formula is C13H22N4. The minimum atomic E-state index is 0.268. The summed E-state index contributed by atoms with van der Waals surface area (Å²) in [4.78, 5) is 6.92. The Labute approximate surface area is 103 Å². The van der Waals surface area contributed by atoms with E-state index in [2.05, 4.69) is 28.3 Å². The summed E-state index contributed by atoms with van der Waals surface area (Å²) in [5.74, 6) is 0. The first-order valence-electron chi connectivity index (χ1n) is 6.71. The molecule has 1 aliphatic heterocycles. The molecule has 3 rings (SSSR count). The van der Waals surface area contributed by atoms with Crippen molar-refractivity contribution in [3.05, 3.63) is 18.2 Å². The zero-order valence-corrected chi connectivity index (χ0v) is 10.7. The molecule has 1 saturated carbocycles. The van der Waals surface area contributed by atoms with E-state index in [1.165, 1.54) is 18.5 Å². The third-order valence-corrected chi connectivity index (χ3v) is 4.05. The molecule has 2 atom stereocenters. The second-order valence-corrected chi connectivity index (χ2v) is 5.69. The van der Waals surface area contributed by atoms with Gasteiger partial charge in [0.1, 0.15) is 0 Å². The predicted octanol–water partition coefficient (Wildman–Crippen LogP) is 1.70. The van der Waals surface area contributed by atoms with Crippen LogP contribution in [0.3, 0.4) is 0 Å². The second-order valence-electron chi connectivity index (χ2n) is 5.69. The first-order chi connectivity index (χ1) is 8.18. The first-order valence-corrected chi connectivity index (χ1v) is 6.71. The molecule has 1 saturated heterocycles. The van der Waals surface area contributed by atoms with E-state index < -0.39 is 0 Å². The van der Waals surface area contributed by atoms with E-state index in [0.29, 0.717) is 12.1 Å². The lowest BCUT2D eigenvalue weighted by Crippen LogP contribution is -2.34. The average molecular weight is 234 g/mol. The van der Waals surface area contributed by atoms with E-state index in [1.54, 1.807) is 0 Å². The summed E-state index contributed by atoms with van der Waals surface area (Å²) in [5.41, 5.74) is 7.62. The lowest BCUT2D eigenvalue weighted by Gasteiger charge is -2.28. The Morgan fingerprint density at radius 2 is 2.12 bits per heavy atom. The Bertz CT molecular complexity index is 394. The maximum Gasteiger partial charge on any atom is 0.0951 e. The van der Waals surface area contributed by atoms with Crippen LogP contribution in [0.5, 0.6) is 0 Å². The van der Waals surface area contributed by atoms with Crippen molar-refractivity contribution in [2.45, 2.75) is 57.3 Å². The van der Waals surface area contributed by atoms with Gasteiger partial charge < -0.3 is 10.3 Å². The zero-order valence-electron chi connectivity index (χ0n) is 10.7. The fourth-order valence-electron chi connectivity index (χ4n) is 3.02. The summed E-state index contributed by atoms with van der Waals surface area (Å²) in [6.07, 6.45) is 7.75. The van der Waals surface area contributed by atoms with Crippen LogP contribution < -0.4 is 5.73 Å². The molecule has 0 radical (unpaired) electrons. The Morgan fingerprint density at radius 1 is 1.35 bits per heavy atom. The normalized spacial score (nSPS) is 30.4. The number of nitrogens with two attached hydrogens (primary N) is 1. The highest BCUT2D eigenvalue weighted by Gasteiger charge is 2.42. The summed E-state index contributed by atoms with van der Waals surface area (Å²) in [5, 5.41) is 0. The number of rotatable bonds is 3. The molecule has 17 heavy (non-hydrogen) atoms. The smallest absolute Gasteiger partial charge is 0.0951 e. The van der Waals surface area contributed by atoms with Gasteiger partial charge in [0.05, 0.1) is 18.1 Å². The van der Waals surface area contributed by atoms with Gasteiger partial charge in [-0.2, -0.15) is 0 Å². The van der Waals surface area contributed by atoms with Crippen LogP contribution in [0.2, 0.25) is 0 Å². The molecule has 1 aromatic rings. The molecule has 4 nitrogen and oxygen atoms in total. The number of hydrogen-bond donors (Lipinski definition) is 1. The molecule has 2 aliphatic rings. The topological polar surface area (TPSA) is 47.1 Å². The van der Waals surface area contributed by atoms with Crippen molar-refractivity contribution in [1.29, 1.82) is 0 Å². The summed E-state index contributed by atoms with van der Waals surface area (Å²) in [6.45, 7) is 5.56. The van der Waals surface area contributed by atoms with Crippen molar-refractivity contribution in [2.24, 2.45) is 5.73 Å². The molecule has 2 unspecified atom stereocenters. The quantitative estimate of drug-likeness (QED) is 0.866. The molecule has 1 aliphatic carbocycles. The van der Waals surface area contributed by atoms with Crippen molar-refractivity contribution in [1.82, 2.24) is 14.5 Å². The molecule has 94 valence electrons. The van der Waals surface area contributed by atoms with Crippen LogP contribution in [-0.4, -0.2) is 33.1 Å². The molecule has 0 bridgehead atoms. The summed E-state index contributed by atoms with van der Waals surface area (Å²) >= 11 is 0. The SMILES string of the molecule is CC(C)n1cncc1C1C(N)CCN1C1CC1. The highest BCUT2D eigenvalue weighted by molar-refractivity contribution is 5.14. The molecular weight excluding hydrogens is 212 g/mol. The van der Waals surface area contributed by atoms with Gasteiger partial charge in [-0.15, -0.1) is 0 Å². The van der Waals surface area contributed by atoms with E-state index >= 15 is 0 Å². The van der Waals surface area contributed by atoms with Crippen molar-refractivity contribution in [2.75, 3.05) is 6.54 Å². The highest BCUT2D eigenvalue weighted by atomic mass is 15.3. The first kappa shape index (κ1) is 11.2. The van der Waals surface area contributed by atoms with Crippen LogP contribution in [-0.2, 0) is 0 Å². The van der Waals surface area contributed by atoms with Gasteiger partial charge in [0.15, 0.2) is 0 Å². The largest absolute Gasteiger partial charge is 0.331 e. The van der Waals surface area contributed by atoms with Crippen molar-refractivity contribution in [3.8, 4) is 0 Å². The number of hydrogen-bond acceptors (Lipinski definition) is 3. The molecule has 0 spiro atoms. The molecule has 0 aromatic carbocycles. The van der Waals surface area contributed by atoms with Crippen molar-refractivity contribution >= 4 is 0 Å². The van der Waals surface area contributed by atoms with Crippen LogP contribution in [0.25, 0.3) is 0 Å². The van der Waals surface area contributed by atoms with Crippen molar-refractivity contribution in [3.63, 3.8) is 0 Å². The summed E-state index contributed by atoms with van der Waals surface area (Å²) < 4.78 is 2.27. The van der Waals surface area contributed by atoms with E-state index in [9.17, 15) is 0 Å². The highest BCUT2D eigenvalue weighted by Crippen LogP contribution is 2.40. The van der Waals surface area contributed by atoms with Gasteiger partial charge in [-0.3, -0.25) is 4.90 Å². The Hall–Kier alpha value is -0.870. The standard InChI is InChI=1S/C13H22N4/c1-9(2)17-8-15-7-12(17)13-11(14)5-6-16(13)10-3-4-10/h7-11,13H,3-6,14H2,1-2H3. The fraction of sp³-hybridized carbons (Fsp3) is 0.769.